The third-order valence-electron chi connectivity index (χ3n) is 5.55. The van der Waals surface area contributed by atoms with E-state index in [2.05, 4.69) is 11.0 Å². The van der Waals surface area contributed by atoms with Gasteiger partial charge in [0.2, 0.25) is 0 Å². The minimum absolute atomic E-state index is 0.0347. The van der Waals surface area contributed by atoms with Crippen molar-refractivity contribution in [2.45, 2.75) is 26.0 Å². The molecular formula is C27H28FN3O4. The molecule has 2 aromatic carbocycles. The molecule has 1 aliphatic carbocycles. The summed E-state index contributed by atoms with van der Waals surface area (Å²) in [5, 5.41) is 12.3. The number of para-hydroxylation sites is 2. The zero-order valence-corrected chi connectivity index (χ0v) is 19.6. The van der Waals surface area contributed by atoms with Crippen LogP contribution in [-0.4, -0.2) is 41.3 Å². The highest BCUT2D eigenvalue weighted by Gasteiger charge is 2.25. The average molecular weight is 478 g/mol. The van der Waals surface area contributed by atoms with Crippen LogP contribution < -0.4 is 11.1 Å². The van der Waals surface area contributed by atoms with E-state index in [1.54, 1.807) is 74.5 Å². The number of nitrogens with two attached hydrogens (primary N) is 1. The van der Waals surface area contributed by atoms with Gasteiger partial charge in [-0.1, -0.05) is 24.3 Å². The van der Waals surface area contributed by atoms with E-state index in [4.69, 9.17) is 10.5 Å². The molecule has 7 nitrogen and oxygen atoms in total. The van der Waals surface area contributed by atoms with Gasteiger partial charge in [0, 0.05) is 18.2 Å². The van der Waals surface area contributed by atoms with Gasteiger partial charge in [0.15, 0.2) is 0 Å². The van der Waals surface area contributed by atoms with Gasteiger partial charge in [-0.05, 0) is 67.5 Å². The first-order valence-electron chi connectivity index (χ1n) is 11.1. The Morgan fingerprint density at radius 1 is 1.17 bits per heavy atom. The maximum Gasteiger partial charge on any atom is 0.410 e. The molecule has 0 fully saturated rings. The molecule has 182 valence electrons. The van der Waals surface area contributed by atoms with Crippen molar-refractivity contribution in [1.29, 1.82) is 0 Å². The van der Waals surface area contributed by atoms with Crippen molar-refractivity contribution in [1.82, 2.24) is 4.90 Å². The molecule has 0 saturated heterocycles. The van der Waals surface area contributed by atoms with Gasteiger partial charge in [0.05, 0.1) is 24.0 Å². The minimum atomic E-state index is -0.720. The lowest BCUT2D eigenvalue weighted by molar-refractivity contribution is 0.0639. The predicted molar refractivity (Wildman–Crippen MR) is 133 cm³/mol. The summed E-state index contributed by atoms with van der Waals surface area (Å²) >= 11 is 0. The Balaban J connectivity index is 1.69. The lowest BCUT2D eigenvalue weighted by Crippen LogP contribution is -2.38. The van der Waals surface area contributed by atoms with Gasteiger partial charge in [0.1, 0.15) is 11.9 Å². The number of benzene rings is 2. The number of rotatable bonds is 8. The molecule has 0 spiro atoms. The number of allylic oxidation sites excluding steroid dienone is 3. The SMILES string of the molecule is C[C@H](OC(=O)N(CCO)[C@H](C)c1ccc(C(=O)Nc2ccccc2N)cc1)C1=CC=C=CC(F)=C1. The second-order valence-electron chi connectivity index (χ2n) is 7.96. The Morgan fingerprint density at radius 3 is 2.57 bits per heavy atom. The Kier molecular flexibility index (Phi) is 8.62. The molecule has 2 amide bonds. The van der Waals surface area contributed by atoms with Crippen LogP contribution in [0.3, 0.4) is 0 Å². The van der Waals surface area contributed by atoms with Crippen molar-refractivity contribution in [3.63, 3.8) is 0 Å². The number of ether oxygens (including phenoxy) is 1. The number of hydrogen-bond acceptors (Lipinski definition) is 5. The average Bonchev–Trinajstić information content (AvgIpc) is 3.08. The fourth-order valence-electron chi connectivity index (χ4n) is 3.51. The Bertz CT molecular complexity index is 1200. The van der Waals surface area contributed by atoms with Gasteiger partial charge in [0.25, 0.3) is 5.91 Å². The molecule has 2 atom stereocenters. The van der Waals surface area contributed by atoms with E-state index in [9.17, 15) is 19.1 Å². The fourth-order valence-corrected chi connectivity index (χ4v) is 3.51. The third-order valence-corrected chi connectivity index (χ3v) is 5.55. The topological polar surface area (TPSA) is 105 Å². The van der Waals surface area contributed by atoms with Crippen LogP contribution in [0.2, 0.25) is 0 Å². The number of carbonyl (C=O) groups excluding carboxylic acids is 2. The second-order valence-corrected chi connectivity index (χ2v) is 7.96. The number of hydrogen-bond donors (Lipinski definition) is 3. The number of amides is 2. The molecule has 0 saturated carbocycles. The predicted octanol–water partition coefficient (Wildman–Crippen LogP) is 4.91. The first-order valence-corrected chi connectivity index (χ1v) is 11.1. The lowest BCUT2D eigenvalue weighted by Gasteiger charge is -2.30. The van der Waals surface area contributed by atoms with Crippen LogP contribution in [0.4, 0.5) is 20.6 Å². The monoisotopic (exact) mass is 477 g/mol. The van der Waals surface area contributed by atoms with Crippen molar-refractivity contribution < 1.29 is 23.8 Å². The van der Waals surface area contributed by atoms with Gasteiger partial charge in [-0.2, -0.15) is 0 Å². The molecule has 1 aliphatic rings. The highest BCUT2D eigenvalue weighted by Crippen LogP contribution is 2.24. The first kappa shape index (κ1) is 25.5. The Hall–Kier alpha value is -4.13. The molecule has 0 bridgehead atoms. The Morgan fingerprint density at radius 2 is 1.89 bits per heavy atom. The number of nitrogen functional groups attached to an aromatic ring is 1. The zero-order valence-electron chi connectivity index (χ0n) is 19.6. The summed E-state index contributed by atoms with van der Waals surface area (Å²) in [5.74, 6) is -0.810. The maximum atomic E-state index is 13.7. The number of halogens is 1. The largest absolute Gasteiger partial charge is 0.441 e. The summed E-state index contributed by atoms with van der Waals surface area (Å²) in [6, 6.07) is 13.3. The molecule has 0 aliphatic heterocycles. The van der Waals surface area contributed by atoms with E-state index < -0.39 is 24.1 Å². The summed E-state index contributed by atoms with van der Waals surface area (Å²) in [7, 11) is 0. The summed E-state index contributed by atoms with van der Waals surface area (Å²) in [4.78, 5) is 26.9. The van der Waals surface area contributed by atoms with E-state index in [1.807, 2.05) is 0 Å². The molecule has 35 heavy (non-hydrogen) atoms. The number of anilines is 2. The van der Waals surface area contributed by atoms with Crippen molar-refractivity contribution in [3.8, 4) is 0 Å². The molecule has 0 unspecified atom stereocenters. The number of aliphatic hydroxyl groups is 1. The van der Waals surface area contributed by atoms with Crippen LogP contribution in [0.25, 0.3) is 0 Å². The zero-order chi connectivity index (χ0) is 25.4. The summed E-state index contributed by atoms with van der Waals surface area (Å²) in [6.07, 6.45) is 4.26. The van der Waals surface area contributed by atoms with E-state index in [-0.39, 0.29) is 19.1 Å². The minimum Gasteiger partial charge on any atom is -0.441 e. The molecule has 0 radical (unpaired) electrons. The smallest absolute Gasteiger partial charge is 0.410 e. The standard InChI is InChI=1S/C27H28FN3O4/c1-18(20-11-13-21(14-12-20)26(33)30-25-10-6-5-9-24(25)29)31(15-16-32)27(34)35-19(2)22-7-3-4-8-23(28)17-22/h3,5-14,17-19,32H,15-16,29H2,1-2H3,(H,30,33)/t18-,19+/m1/s1. The van der Waals surface area contributed by atoms with Crippen LogP contribution in [0, 0.1) is 0 Å². The number of nitrogens with zero attached hydrogens (tertiary/aromatic N) is 1. The van der Waals surface area contributed by atoms with Crippen molar-refractivity contribution in [2.24, 2.45) is 0 Å². The number of nitrogens with one attached hydrogen (secondary N) is 1. The third kappa shape index (κ3) is 6.69. The van der Waals surface area contributed by atoms with Crippen LogP contribution in [0.1, 0.15) is 35.8 Å². The van der Waals surface area contributed by atoms with Crippen molar-refractivity contribution >= 4 is 23.4 Å². The first-order chi connectivity index (χ1) is 16.8. The highest BCUT2D eigenvalue weighted by atomic mass is 19.1. The Labute approximate surface area is 203 Å². The molecule has 3 rings (SSSR count). The molecule has 8 heteroatoms. The second kappa shape index (κ2) is 11.8. The molecular weight excluding hydrogens is 449 g/mol. The van der Waals surface area contributed by atoms with Gasteiger partial charge in [-0.3, -0.25) is 9.69 Å². The molecule has 4 N–H and O–H groups in total. The van der Waals surface area contributed by atoms with Crippen LogP contribution in [-0.2, 0) is 4.74 Å². The quantitative estimate of drug-likeness (QED) is 0.370. The van der Waals surface area contributed by atoms with Gasteiger partial charge < -0.3 is 20.9 Å². The van der Waals surface area contributed by atoms with Crippen LogP contribution >= 0.6 is 0 Å². The number of aliphatic hydroxyl groups excluding tert-OH is 1. The summed E-state index contributed by atoms with van der Waals surface area (Å²) < 4.78 is 19.3. The van der Waals surface area contributed by atoms with E-state index >= 15 is 0 Å². The normalized spacial score (nSPS) is 14.3. The lowest BCUT2D eigenvalue weighted by atomic mass is 10.0. The van der Waals surface area contributed by atoms with Gasteiger partial charge in [-0.25, -0.2) is 9.18 Å². The number of carbonyl (C=O) groups is 2. The van der Waals surface area contributed by atoms with E-state index in [1.165, 1.54) is 17.1 Å². The summed E-state index contributed by atoms with van der Waals surface area (Å²) in [5.41, 5.74) is 11.2. The van der Waals surface area contributed by atoms with E-state index in [0.29, 0.717) is 22.5 Å². The molecule has 0 aromatic heterocycles. The molecule has 0 heterocycles. The van der Waals surface area contributed by atoms with Gasteiger partial charge >= 0.3 is 6.09 Å². The van der Waals surface area contributed by atoms with Gasteiger partial charge in [-0.15, -0.1) is 5.73 Å². The highest BCUT2D eigenvalue weighted by molar-refractivity contribution is 6.05. The van der Waals surface area contributed by atoms with E-state index in [0.717, 1.165) is 5.56 Å². The van der Waals surface area contributed by atoms with Crippen molar-refractivity contribution in [3.05, 3.63) is 101 Å². The molecule has 2 aromatic rings. The maximum absolute atomic E-state index is 13.7. The van der Waals surface area contributed by atoms with Crippen molar-refractivity contribution in [2.75, 3.05) is 24.2 Å². The summed E-state index contributed by atoms with van der Waals surface area (Å²) in [6.45, 7) is 3.20. The van der Waals surface area contributed by atoms with Crippen LogP contribution in [0.15, 0.2) is 90.0 Å². The van der Waals surface area contributed by atoms with Crippen LogP contribution in [0.5, 0.6) is 0 Å². The fraction of sp³-hybridized carbons (Fsp3) is 0.222.